The van der Waals surface area contributed by atoms with Gasteiger partial charge in [0.15, 0.2) is 0 Å². The molecule has 0 aliphatic rings. The van der Waals surface area contributed by atoms with E-state index in [2.05, 4.69) is 0 Å². The number of hydrogen-bond donors (Lipinski definition) is 2. The average Bonchev–Trinajstić information content (AvgIpc) is 2.15. The quantitative estimate of drug-likeness (QED) is 0.799. The van der Waals surface area contributed by atoms with Gasteiger partial charge in [-0.3, -0.25) is 0 Å². The molecule has 1 atom stereocenters. The molecule has 76 valence electrons. The number of rotatable bonds is 3. The molecule has 0 unspecified atom stereocenters. The van der Waals surface area contributed by atoms with Crippen molar-refractivity contribution >= 4 is 17.7 Å². The Balaban J connectivity index is 2.89. The molecule has 14 heavy (non-hydrogen) atoms. The van der Waals surface area contributed by atoms with Gasteiger partial charge >= 0.3 is 6.09 Å². The summed E-state index contributed by atoms with van der Waals surface area (Å²) in [6.45, 7) is 0.146. The summed E-state index contributed by atoms with van der Waals surface area (Å²) in [6, 6.07) is 7.00. The lowest BCUT2D eigenvalue weighted by Gasteiger charge is -2.15. The van der Waals surface area contributed by atoms with E-state index >= 15 is 0 Å². The first-order chi connectivity index (χ1) is 6.65. The number of benzene rings is 1. The Morgan fingerprint density at radius 1 is 1.50 bits per heavy atom. The molecule has 1 rings (SSSR count). The van der Waals surface area contributed by atoms with Gasteiger partial charge in [-0.1, -0.05) is 29.8 Å². The van der Waals surface area contributed by atoms with Crippen LogP contribution in [0.15, 0.2) is 24.3 Å². The van der Waals surface area contributed by atoms with Crippen molar-refractivity contribution in [2.45, 2.75) is 6.10 Å². The molecule has 1 amide bonds. The van der Waals surface area contributed by atoms with Gasteiger partial charge in [0.2, 0.25) is 0 Å². The second kappa shape index (κ2) is 4.83. The van der Waals surface area contributed by atoms with E-state index in [0.717, 1.165) is 0 Å². The molecule has 0 saturated heterocycles. The van der Waals surface area contributed by atoms with Gasteiger partial charge in [0.05, 0.1) is 0 Å². The minimum absolute atomic E-state index is 0.146. The molecule has 0 fully saturated rings. The van der Waals surface area contributed by atoms with E-state index in [0.29, 0.717) is 10.6 Å². The molecule has 5 heteroatoms. The van der Waals surface area contributed by atoms with Gasteiger partial charge in [-0.15, -0.1) is 0 Å². The lowest BCUT2D eigenvalue weighted by Crippen LogP contribution is -2.23. The van der Waals surface area contributed by atoms with Crippen LogP contribution in [-0.2, 0) is 4.74 Å². The first kappa shape index (κ1) is 10.8. The fourth-order valence-corrected chi connectivity index (χ4v) is 1.37. The highest BCUT2D eigenvalue weighted by Crippen LogP contribution is 2.24. The van der Waals surface area contributed by atoms with Gasteiger partial charge < -0.3 is 16.2 Å². The van der Waals surface area contributed by atoms with E-state index < -0.39 is 12.2 Å². The molecule has 0 aromatic heterocycles. The van der Waals surface area contributed by atoms with Gasteiger partial charge in [-0.25, -0.2) is 4.79 Å². The van der Waals surface area contributed by atoms with Crippen molar-refractivity contribution < 1.29 is 9.53 Å². The van der Waals surface area contributed by atoms with Gasteiger partial charge in [0.1, 0.15) is 6.10 Å². The molecule has 0 heterocycles. The van der Waals surface area contributed by atoms with Gasteiger partial charge in [0, 0.05) is 17.1 Å². The number of ether oxygens (including phenoxy) is 1. The van der Waals surface area contributed by atoms with Crippen LogP contribution in [-0.4, -0.2) is 12.6 Å². The van der Waals surface area contributed by atoms with Crippen LogP contribution < -0.4 is 11.5 Å². The second-order valence-electron chi connectivity index (χ2n) is 2.68. The first-order valence-electron chi connectivity index (χ1n) is 4.05. The summed E-state index contributed by atoms with van der Waals surface area (Å²) in [5, 5.41) is 0.504. The lowest BCUT2D eigenvalue weighted by atomic mass is 10.1. The van der Waals surface area contributed by atoms with Crippen LogP contribution in [0.1, 0.15) is 11.7 Å². The third kappa shape index (κ3) is 2.61. The van der Waals surface area contributed by atoms with Crippen LogP contribution in [0.3, 0.4) is 0 Å². The molecular weight excluding hydrogens is 204 g/mol. The Hall–Kier alpha value is -1.26. The van der Waals surface area contributed by atoms with E-state index in [4.69, 9.17) is 27.8 Å². The Labute approximate surface area is 86.8 Å². The van der Waals surface area contributed by atoms with E-state index in [1.807, 2.05) is 0 Å². The largest absolute Gasteiger partial charge is 0.440 e. The maximum atomic E-state index is 10.6. The standard InChI is InChI=1S/C9H11ClN2O2/c10-7-4-2-1-3-6(7)8(5-11)14-9(12)13/h1-4,8H,5,11H2,(H2,12,13)/t8-/m1/s1. The summed E-state index contributed by atoms with van der Waals surface area (Å²) < 4.78 is 4.80. The maximum Gasteiger partial charge on any atom is 0.405 e. The van der Waals surface area contributed by atoms with E-state index in [1.54, 1.807) is 24.3 Å². The Bertz CT molecular complexity index is 330. The second-order valence-corrected chi connectivity index (χ2v) is 3.09. The number of carbonyl (C=O) groups excluding carboxylic acids is 1. The summed E-state index contributed by atoms with van der Waals surface area (Å²) in [5.41, 5.74) is 11.0. The molecule has 0 aliphatic heterocycles. The zero-order valence-electron chi connectivity index (χ0n) is 7.44. The highest BCUT2D eigenvalue weighted by atomic mass is 35.5. The summed E-state index contributed by atoms with van der Waals surface area (Å²) >= 11 is 5.89. The lowest BCUT2D eigenvalue weighted by molar-refractivity contribution is 0.111. The number of primary amides is 1. The van der Waals surface area contributed by atoms with Crippen molar-refractivity contribution in [1.29, 1.82) is 0 Å². The molecule has 4 N–H and O–H groups in total. The van der Waals surface area contributed by atoms with Crippen molar-refractivity contribution in [3.8, 4) is 0 Å². The predicted octanol–water partition coefficient (Wildman–Crippen LogP) is 1.44. The highest BCUT2D eigenvalue weighted by molar-refractivity contribution is 6.31. The van der Waals surface area contributed by atoms with Crippen molar-refractivity contribution in [3.63, 3.8) is 0 Å². The van der Waals surface area contributed by atoms with Crippen molar-refractivity contribution in [3.05, 3.63) is 34.9 Å². The predicted molar refractivity (Wildman–Crippen MR) is 53.9 cm³/mol. The average molecular weight is 215 g/mol. The molecule has 0 radical (unpaired) electrons. The summed E-state index contributed by atoms with van der Waals surface area (Å²) in [7, 11) is 0. The topological polar surface area (TPSA) is 78.3 Å². The normalized spacial score (nSPS) is 12.1. The number of amides is 1. The molecule has 0 bridgehead atoms. The Morgan fingerprint density at radius 3 is 2.64 bits per heavy atom. The van der Waals surface area contributed by atoms with Crippen molar-refractivity contribution in [2.75, 3.05) is 6.54 Å². The fourth-order valence-electron chi connectivity index (χ4n) is 1.11. The van der Waals surface area contributed by atoms with Crippen LogP contribution in [0.4, 0.5) is 4.79 Å². The molecule has 4 nitrogen and oxygen atoms in total. The number of nitrogens with two attached hydrogens (primary N) is 2. The van der Waals surface area contributed by atoms with Gasteiger partial charge in [0.25, 0.3) is 0 Å². The summed E-state index contributed by atoms with van der Waals surface area (Å²) in [4.78, 5) is 10.6. The number of hydrogen-bond acceptors (Lipinski definition) is 3. The third-order valence-corrected chi connectivity index (χ3v) is 2.07. The number of halogens is 1. The van der Waals surface area contributed by atoms with E-state index in [1.165, 1.54) is 0 Å². The van der Waals surface area contributed by atoms with Crippen LogP contribution in [0.2, 0.25) is 5.02 Å². The molecule has 0 saturated carbocycles. The SMILES string of the molecule is NC[C@@H](OC(N)=O)c1ccccc1Cl. The van der Waals surface area contributed by atoms with Crippen LogP contribution in [0.5, 0.6) is 0 Å². The monoisotopic (exact) mass is 214 g/mol. The van der Waals surface area contributed by atoms with Crippen LogP contribution in [0, 0.1) is 0 Å². The fraction of sp³-hybridized carbons (Fsp3) is 0.222. The molecule has 1 aromatic carbocycles. The van der Waals surface area contributed by atoms with Gasteiger partial charge in [-0.05, 0) is 6.07 Å². The summed E-state index contributed by atoms with van der Waals surface area (Å²) in [5.74, 6) is 0. The van der Waals surface area contributed by atoms with E-state index in [-0.39, 0.29) is 6.54 Å². The van der Waals surface area contributed by atoms with Crippen LogP contribution >= 0.6 is 11.6 Å². The van der Waals surface area contributed by atoms with Crippen LogP contribution in [0.25, 0.3) is 0 Å². The van der Waals surface area contributed by atoms with Crippen molar-refractivity contribution in [2.24, 2.45) is 11.5 Å². The minimum Gasteiger partial charge on any atom is -0.440 e. The zero-order valence-corrected chi connectivity index (χ0v) is 8.20. The molecule has 0 spiro atoms. The Kier molecular flexibility index (Phi) is 3.73. The maximum absolute atomic E-state index is 10.6. The van der Waals surface area contributed by atoms with Crippen molar-refractivity contribution in [1.82, 2.24) is 0 Å². The van der Waals surface area contributed by atoms with E-state index in [9.17, 15) is 4.79 Å². The third-order valence-electron chi connectivity index (χ3n) is 1.72. The summed E-state index contributed by atoms with van der Waals surface area (Å²) in [6.07, 6.45) is -1.44. The smallest absolute Gasteiger partial charge is 0.405 e. The first-order valence-corrected chi connectivity index (χ1v) is 4.43. The molecule has 0 aliphatic carbocycles. The minimum atomic E-state index is -0.861. The molecule has 1 aromatic rings. The highest BCUT2D eigenvalue weighted by Gasteiger charge is 2.15. The van der Waals surface area contributed by atoms with Gasteiger partial charge in [-0.2, -0.15) is 0 Å². The number of carbonyl (C=O) groups is 1. The molecular formula is C9H11ClN2O2. The zero-order chi connectivity index (χ0) is 10.6. The Morgan fingerprint density at radius 2 is 2.14 bits per heavy atom.